The Morgan fingerprint density at radius 1 is 1.00 bits per heavy atom. The Bertz CT molecular complexity index is 1140. The third kappa shape index (κ3) is 2.56. The lowest BCUT2D eigenvalue weighted by Crippen LogP contribution is -2.28. The van der Waals surface area contributed by atoms with Gasteiger partial charge in [-0.25, -0.2) is 0 Å². The Hall–Kier alpha value is -3.41. The number of benzene rings is 2. The molecule has 0 spiro atoms. The summed E-state index contributed by atoms with van der Waals surface area (Å²) in [6.07, 6.45) is 1.60. The summed E-state index contributed by atoms with van der Waals surface area (Å²) in [5.41, 5.74) is 0.0500. The van der Waals surface area contributed by atoms with Crippen molar-refractivity contribution in [1.29, 1.82) is 0 Å². The standard InChI is InChI=1S/C20H16O6/c1-20(2)9-15(24)12-5-10(3-4-16(12)26-20)17-8-14(23)19-13(22)6-11(21)7-18(19)25-17/h3-9,21-22,24H,1-2H3. The Balaban J connectivity index is 1.90. The van der Waals surface area contributed by atoms with E-state index in [4.69, 9.17) is 9.15 Å². The van der Waals surface area contributed by atoms with Gasteiger partial charge in [0, 0.05) is 29.8 Å². The predicted octanol–water partition coefficient (Wildman–Crippen LogP) is 3.94. The van der Waals surface area contributed by atoms with Crippen molar-refractivity contribution in [1.82, 2.24) is 0 Å². The molecule has 1 aliphatic rings. The molecule has 2 aromatic carbocycles. The Morgan fingerprint density at radius 3 is 2.54 bits per heavy atom. The van der Waals surface area contributed by atoms with Crippen molar-refractivity contribution in [3.8, 4) is 28.6 Å². The highest BCUT2D eigenvalue weighted by Crippen LogP contribution is 2.38. The van der Waals surface area contributed by atoms with Gasteiger partial charge < -0.3 is 24.5 Å². The molecular formula is C20H16O6. The average Bonchev–Trinajstić information content (AvgIpc) is 2.52. The largest absolute Gasteiger partial charge is 0.508 e. The van der Waals surface area contributed by atoms with E-state index in [1.54, 1.807) is 24.3 Å². The monoisotopic (exact) mass is 352 g/mol. The van der Waals surface area contributed by atoms with E-state index >= 15 is 0 Å². The van der Waals surface area contributed by atoms with E-state index in [-0.39, 0.29) is 34.0 Å². The van der Waals surface area contributed by atoms with Crippen molar-refractivity contribution in [3.63, 3.8) is 0 Å². The summed E-state index contributed by atoms with van der Waals surface area (Å²) in [6, 6.07) is 8.67. The van der Waals surface area contributed by atoms with Crippen molar-refractivity contribution >= 4 is 16.7 Å². The molecule has 6 heteroatoms. The Kier molecular flexibility index (Phi) is 3.27. The fourth-order valence-electron chi connectivity index (χ4n) is 3.09. The van der Waals surface area contributed by atoms with E-state index in [9.17, 15) is 20.1 Å². The molecule has 0 saturated heterocycles. The van der Waals surface area contributed by atoms with Crippen LogP contribution in [0.1, 0.15) is 19.4 Å². The zero-order valence-corrected chi connectivity index (χ0v) is 14.1. The molecule has 0 atom stereocenters. The highest BCUT2D eigenvalue weighted by atomic mass is 16.5. The van der Waals surface area contributed by atoms with Crippen LogP contribution < -0.4 is 10.2 Å². The van der Waals surface area contributed by atoms with Crippen molar-refractivity contribution in [2.45, 2.75) is 19.4 Å². The summed E-state index contributed by atoms with van der Waals surface area (Å²) in [7, 11) is 0. The number of phenols is 2. The zero-order chi connectivity index (χ0) is 18.6. The minimum absolute atomic E-state index is 0.00247. The quantitative estimate of drug-likeness (QED) is 0.613. The van der Waals surface area contributed by atoms with Crippen molar-refractivity contribution < 1.29 is 24.5 Å². The van der Waals surface area contributed by atoms with E-state index in [2.05, 4.69) is 0 Å². The van der Waals surface area contributed by atoms with Crippen LogP contribution in [-0.2, 0) is 0 Å². The second-order valence-corrected chi connectivity index (χ2v) is 6.76. The van der Waals surface area contributed by atoms with Crippen LogP contribution in [0, 0.1) is 0 Å². The van der Waals surface area contributed by atoms with Gasteiger partial charge in [-0.1, -0.05) is 0 Å². The minimum Gasteiger partial charge on any atom is -0.508 e. The second-order valence-electron chi connectivity index (χ2n) is 6.76. The Morgan fingerprint density at radius 2 is 1.77 bits per heavy atom. The van der Waals surface area contributed by atoms with Crippen molar-refractivity contribution in [2.24, 2.45) is 0 Å². The first-order valence-electron chi connectivity index (χ1n) is 7.99. The molecule has 1 aliphatic heterocycles. The van der Waals surface area contributed by atoms with E-state index in [1.165, 1.54) is 12.1 Å². The van der Waals surface area contributed by atoms with Crippen LogP contribution in [0.2, 0.25) is 0 Å². The second kappa shape index (κ2) is 5.29. The number of hydrogen-bond donors (Lipinski definition) is 3. The van der Waals surface area contributed by atoms with Gasteiger partial charge in [0.1, 0.15) is 45.3 Å². The van der Waals surface area contributed by atoms with Crippen molar-refractivity contribution in [3.05, 3.63) is 58.3 Å². The lowest BCUT2D eigenvalue weighted by Gasteiger charge is -2.29. The SMILES string of the molecule is CC1(C)C=C(O)c2cc(-c3cc(=O)c4c(O)cc(O)cc4o3)ccc2O1. The number of aliphatic hydroxyl groups is 1. The van der Waals surface area contributed by atoms with Gasteiger partial charge in [0.25, 0.3) is 0 Å². The molecule has 1 aromatic heterocycles. The molecule has 0 amide bonds. The summed E-state index contributed by atoms with van der Waals surface area (Å²) in [5, 5.41) is 29.8. The molecule has 0 saturated carbocycles. The summed E-state index contributed by atoms with van der Waals surface area (Å²) in [4.78, 5) is 12.4. The van der Waals surface area contributed by atoms with Crippen LogP contribution in [0.15, 0.2) is 51.7 Å². The highest BCUT2D eigenvalue weighted by Gasteiger charge is 2.27. The van der Waals surface area contributed by atoms with Crippen LogP contribution in [0.3, 0.4) is 0 Å². The highest BCUT2D eigenvalue weighted by molar-refractivity contribution is 5.86. The zero-order valence-electron chi connectivity index (χ0n) is 14.1. The molecule has 0 fully saturated rings. The molecular weight excluding hydrogens is 336 g/mol. The van der Waals surface area contributed by atoms with Gasteiger partial charge in [0.15, 0.2) is 5.43 Å². The fourth-order valence-corrected chi connectivity index (χ4v) is 3.09. The number of aromatic hydroxyl groups is 2. The number of aliphatic hydroxyl groups excluding tert-OH is 1. The van der Waals surface area contributed by atoms with Gasteiger partial charge in [-0.2, -0.15) is 0 Å². The maximum atomic E-state index is 12.4. The molecule has 6 nitrogen and oxygen atoms in total. The Labute approximate surface area is 148 Å². The van der Waals surface area contributed by atoms with Gasteiger partial charge in [-0.15, -0.1) is 0 Å². The molecule has 26 heavy (non-hydrogen) atoms. The lowest BCUT2D eigenvalue weighted by atomic mass is 9.98. The molecule has 0 bridgehead atoms. The number of hydrogen-bond acceptors (Lipinski definition) is 6. The number of rotatable bonds is 1. The smallest absolute Gasteiger partial charge is 0.197 e. The molecule has 2 heterocycles. The average molecular weight is 352 g/mol. The van der Waals surface area contributed by atoms with Gasteiger partial charge in [-0.3, -0.25) is 4.79 Å². The first-order chi connectivity index (χ1) is 12.2. The van der Waals surface area contributed by atoms with Crippen molar-refractivity contribution in [2.75, 3.05) is 0 Å². The third-order valence-electron chi connectivity index (χ3n) is 4.19. The van der Waals surface area contributed by atoms with Crippen LogP contribution in [0.25, 0.3) is 28.1 Å². The molecule has 3 N–H and O–H groups in total. The molecule has 4 rings (SSSR count). The molecule has 3 aromatic rings. The molecule has 0 aliphatic carbocycles. The number of fused-ring (bicyclic) bond motifs is 2. The summed E-state index contributed by atoms with van der Waals surface area (Å²) >= 11 is 0. The molecule has 0 radical (unpaired) electrons. The summed E-state index contributed by atoms with van der Waals surface area (Å²) < 4.78 is 11.5. The van der Waals surface area contributed by atoms with E-state index < -0.39 is 11.0 Å². The predicted molar refractivity (Wildman–Crippen MR) is 96.6 cm³/mol. The van der Waals surface area contributed by atoms with Gasteiger partial charge in [-0.05, 0) is 32.0 Å². The maximum absolute atomic E-state index is 12.4. The van der Waals surface area contributed by atoms with Crippen LogP contribution in [0.5, 0.6) is 17.2 Å². The van der Waals surface area contributed by atoms with E-state index in [1.807, 2.05) is 13.8 Å². The van der Waals surface area contributed by atoms with Crippen LogP contribution in [-0.4, -0.2) is 20.9 Å². The van der Waals surface area contributed by atoms with Gasteiger partial charge in [0.05, 0.1) is 5.56 Å². The van der Waals surface area contributed by atoms with Crippen LogP contribution in [0.4, 0.5) is 0 Å². The first-order valence-corrected chi connectivity index (χ1v) is 7.99. The van der Waals surface area contributed by atoms with E-state index in [0.29, 0.717) is 16.9 Å². The van der Waals surface area contributed by atoms with E-state index in [0.717, 1.165) is 6.07 Å². The van der Waals surface area contributed by atoms with Gasteiger partial charge in [0.2, 0.25) is 0 Å². The summed E-state index contributed by atoms with van der Waals surface area (Å²) in [5.74, 6) is 0.292. The third-order valence-corrected chi connectivity index (χ3v) is 4.19. The minimum atomic E-state index is -0.622. The first kappa shape index (κ1) is 16.1. The lowest BCUT2D eigenvalue weighted by molar-refractivity contribution is 0.154. The topological polar surface area (TPSA) is 100 Å². The van der Waals surface area contributed by atoms with Crippen LogP contribution >= 0.6 is 0 Å². The molecule has 0 unspecified atom stereocenters. The fraction of sp³-hybridized carbons (Fsp3) is 0.150. The van der Waals surface area contributed by atoms with Gasteiger partial charge >= 0.3 is 0 Å². The number of phenolic OH excluding ortho intramolecular Hbond substituents is 2. The maximum Gasteiger partial charge on any atom is 0.197 e. The molecule has 132 valence electrons. The summed E-state index contributed by atoms with van der Waals surface area (Å²) in [6.45, 7) is 3.67. The normalized spacial score (nSPS) is 15.2. The number of ether oxygens (including phenoxy) is 1.